The van der Waals surface area contributed by atoms with Crippen LogP contribution in [0.1, 0.15) is 73.0 Å². The SMILES string of the molecule is CCOC(=O)C1=C(C)N(Cc2cccc(C(=O)N3CCC(C)CC3)c2)C(=O)CC1c1ccccc1C. The summed E-state index contributed by atoms with van der Waals surface area (Å²) in [4.78, 5) is 43.2. The monoisotopic (exact) mass is 488 g/mol. The minimum absolute atomic E-state index is 0.0350. The van der Waals surface area contributed by atoms with Crippen molar-refractivity contribution in [1.82, 2.24) is 9.80 Å². The standard InChI is InChI=1S/C30H36N2O4/c1-5-36-30(35)28-22(4)32(27(33)18-26(28)25-12-7-6-9-21(25)3)19-23-10-8-11-24(17-23)29(34)31-15-13-20(2)14-16-31/h6-12,17,20,26H,5,13-16,18-19H2,1-4H3. The maximum absolute atomic E-state index is 13.4. The summed E-state index contributed by atoms with van der Waals surface area (Å²) >= 11 is 0. The molecule has 36 heavy (non-hydrogen) atoms. The van der Waals surface area contributed by atoms with Crippen molar-refractivity contribution in [3.63, 3.8) is 0 Å². The van der Waals surface area contributed by atoms with Crippen LogP contribution in [0.5, 0.6) is 0 Å². The molecular formula is C30H36N2O4. The number of nitrogens with zero attached hydrogens (tertiary/aromatic N) is 2. The van der Waals surface area contributed by atoms with Crippen LogP contribution in [0.4, 0.5) is 0 Å². The summed E-state index contributed by atoms with van der Waals surface area (Å²) in [5, 5.41) is 0. The molecule has 0 spiro atoms. The average molecular weight is 489 g/mol. The highest BCUT2D eigenvalue weighted by Crippen LogP contribution is 2.39. The van der Waals surface area contributed by atoms with Gasteiger partial charge in [-0.05, 0) is 68.4 Å². The van der Waals surface area contributed by atoms with E-state index < -0.39 is 0 Å². The molecule has 6 heteroatoms. The Labute approximate surface area is 213 Å². The second-order valence-electron chi connectivity index (χ2n) is 9.99. The number of ether oxygens (including phenoxy) is 1. The quantitative estimate of drug-likeness (QED) is 0.523. The van der Waals surface area contributed by atoms with Crippen LogP contribution < -0.4 is 0 Å². The molecule has 2 amide bonds. The molecular weight excluding hydrogens is 452 g/mol. The van der Waals surface area contributed by atoms with Crippen molar-refractivity contribution in [3.05, 3.63) is 82.1 Å². The van der Waals surface area contributed by atoms with Crippen LogP contribution in [0.2, 0.25) is 0 Å². The largest absolute Gasteiger partial charge is 0.463 e. The molecule has 1 unspecified atom stereocenters. The van der Waals surface area contributed by atoms with E-state index in [2.05, 4.69) is 6.92 Å². The van der Waals surface area contributed by atoms with E-state index in [9.17, 15) is 14.4 Å². The lowest BCUT2D eigenvalue weighted by Crippen LogP contribution is -2.38. The number of benzene rings is 2. The first-order chi connectivity index (χ1) is 17.3. The summed E-state index contributed by atoms with van der Waals surface area (Å²) in [5.74, 6) is -0.0897. The van der Waals surface area contributed by atoms with Gasteiger partial charge in [-0.3, -0.25) is 9.59 Å². The number of rotatable bonds is 6. The Morgan fingerprint density at radius 3 is 2.44 bits per heavy atom. The molecule has 2 aliphatic rings. The summed E-state index contributed by atoms with van der Waals surface area (Å²) in [7, 11) is 0. The number of amides is 2. The van der Waals surface area contributed by atoms with Gasteiger partial charge in [-0.25, -0.2) is 4.79 Å². The summed E-state index contributed by atoms with van der Waals surface area (Å²) in [6.07, 6.45) is 2.24. The zero-order valence-corrected chi connectivity index (χ0v) is 21.8. The lowest BCUT2D eigenvalue weighted by atomic mass is 9.81. The molecule has 1 fully saturated rings. The first-order valence-electron chi connectivity index (χ1n) is 12.9. The van der Waals surface area contributed by atoms with E-state index in [1.807, 2.05) is 67.3 Å². The topological polar surface area (TPSA) is 66.9 Å². The Kier molecular flexibility index (Phi) is 7.92. The van der Waals surface area contributed by atoms with E-state index in [0.717, 1.165) is 42.6 Å². The fourth-order valence-corrected chi connectivity index (χ4v) is 5.30. The fraction of sp³-hybridized carbons (Fsp3) is 0.433. The maximum atomic E-state index is 13.4. The number of hydrogen-bond donors (Lipinski definition) is 0. The van der Waals surface area contributed by atoms with Gasteiger partial charge in [-0.15, -0.1) is 0 Å². The Balaban J connectivity index is 1.63. The number of esters is 1. The molecule has 0 radical (unpaired) electrons. The van der Waals surface area contributed by atoms with Crippen molar-refractivity contribution < 1.29 is 19.1 Å². The van der Waals surface area contributed by atoms with Crippen LogP contribution in [-0.2, 0) is 20.9 Å². The van der Waals surface area contributed by atoms with E-state index in [1.54, 1.807) is 11.8 Å². The molecule has 1 saturated heterocycles. The molecule has 0 aromatic heterocycles. The van der Waals surface area contributed by atoms with Crippen LogP contribution in [0.15, 0.2) is 59.8 Å². The number of carbonyl (C=O) groups excluding carboxylic acids is 3. The van der Waals surface area contributed by atoms with Gasteiger partial charge in [0.25, 0.3) is 5.91 Å². The molecule has 2 aromatic carbocycles. The Bertz CT molecular complexity index is 1180. The molecule has 4 rings (SSSR count). The predicted octanol–water partition coefficient (Wildman–Crippen LogP) is 5.22. The van der Waals surface area contributed by atoms with Gasteiger partial charge in [0.05, 0.1) is 18.7 Å². The Hall–Kier alpha value is -3.41. The average Bonchev–Trinajstić information content (AvgIpc) is 2.87. The molecule has 6 nitrogen and oxygen atoms in total. The van der Waals surface area contributed by atoms with E-state index in [4.69, 9.17) is 4.74 Å². The number of carbonyl (C=O) groups is 3. The summed E-state index contributed by atoms with van der Waals surface area (Å²) < 4.78 is 5.42. The maximum Gasteiger partial charge on any atom is 0.336 e. The van der Waals surface area contributed by atoms with Crippen LogP contribution in [-0.4, -0.2) is 47.3 Å². The third-order valence-electron chi connectivity index (χ3n) is 7.47. The number of allylic oxidation sites excluding steroid dienone is 1. The summed E-state index contributed by atoms with van der Waals surface area (Å²) in [6, 6.07) is 15.4. The molecule has 0 bridgehead atoms. The smallest absolute Gasteiger partial charge is 0.336 e. The third-order valence-corrected chi connectivity index (χ3v) is 7.47. The van der Waals surface area contributed by atoms with Gasteiger partial charge in [0.2, 0.25) is 5.91 Å². The molecule has 0 N–H and O–H groups in total. The third kappa shape index (κ3) is 5.38. The lowest BCUT2D eigenvalue weighted by molar-refractivity contribution is -0.140. The second kappa shape index (κ2) is 11.1. The Morgan fingerprint density at radius 2 is 1.75 bits per heavy atom. The molecule has 1 atom stereocenters. The van der Waals surface area contributed by atoms with Gasteiger partial charge in [0, 0.05) is 36.7 Å². The molecule has 2 aromatic rings. The number of aryl methyl sites for hydroxylation is 1. The number of hydrogen-bond acceptors (Lipinski definition) is 4. The van der Waals surface area contributed by atoms with Crippen molar-refractivity contribution in [2.45, 2.75) is 59.4 Å². The highest BCUT2D eigenvalue weighted by molar-refractivity contribution is 5.96. The van der Waals surface area contributed by atoms with Gasteiger partial charge >= 0.3 is 5.97 Å². The van der Waals surface area contributed by atoms with Gasteiger partial charge in [-0.1, -0.05) is 43.3 Å². The van der Waals surface area contributed by atoms with Crippen molar-refractivity contribution in [2.75, 3.05) is 19.7 Å². The second-order valence-corrected chi connectivity index (χ2v) is 9.99. The van der Waals surface area contributed by atoms with Crippen molar-refractivity contribution in [2.24, 2.45) is 5.92 Å². The van der Waals surface area contributed by atoms with Crippen LogP contribution in [0.25, 0.3) is 0 Å². The zero-order valence-electron chi connectivity index (χ0n) is 21.8. The van der Waals surface area contributed by atoms with Crippen molar-refractivity contribution >= 4 is 17.8 Å². The van der Waals surface area contributed by atoms with E-state index in [1.165, 1.54) is 0 Å². The molecule has 2 heterocycles. The fourth-order valence-electron chi connectivity index (χ4n) is 5.30. The normalized spacial score (nSPS) is 19.0. The first kappa shape index (κ1) is 25.7. The highest BCUT2D eigenvalue weighted by atomic mass is 16.5. The van der Waals surface area contributed by atoms with Crippen LogP contribution >= 0.6 is 0 Å². The number of piperidine rings is 1. The minimum Gasteiger partial charge on any atom is -0.463 e. The van der Waals surface area contributed by atoms with Crippen LogP contribution in [0, 0.1) is 12.8 Å². The van der Waals surface area contributed by atoms with E-state index in [0.29, 0.717) is 29.3 Å². The molecule has 2 aliphatic heterocycles. The van der Waals surface area contributed by atoms with Gasteiger partial charge in [0.1, 0.15) is 0 Å². The van der Waals surface area contributed by atoms with Gasteiger partial charge < -0.3 is 14.5 Å². The predicted molar refractivity (Wildman–Crippen MR) is 139 cm³/mol. The summed E-state index contributed by atoms with van der Waals surface area (Å²) in [5.41, 5.74) is 4.64. The van der Waals surface area contributed by atoms with Gasteiger partial charge in [0.15, 0.2) is 0 Å². The van der Waals surface area contributed by atoms with Crippen LogP contribution in [0.3, 0.4) is 0 Å². The lowest BCUT2D eigenvalue weighted by Gasteiger charge is -2.35. The van der Waals surface area contributed by atoms with Crippen molar-refractivity contribution in [1.29, 1.82) is 0 Å². The zero-order chi connectivity index (χ0) is 25.8. The molecule has 0 saturated carbocycles. The molecule has 190 valence electrons. The first-order valence-corrected chi connectivity index (χ1v) is 12.9. The highest BCUT2D eigenvalue weighted by Gasteiger charge is 2.37. The molecule has 0 aliphatic carbocycles. The Morgan fingerprint density at radius 1 is 1.03 bits per heavy atom. The van der Waals surface area contributed by atoms with E-state index in [-0.39, 0.29) is 36.7 Å². The van der Waals surface area contributed by atoms with E-state index >= 15 is 0 Å². The number of likely N-dealkylation sites (tertiary alicyclic amines) is 1. The minimum atomic E-state index is -0.385. The summed E-state index contributed by atoms with van der Waals surface area (Å²) in [6.45, 7) is 9.94. The van der Waals surface area contributed by atoms with Crippen molar-refractivity contribution in [3.8, 4) is 0 Å². The van der Waals surface area contributed by atoms with Gasteiger partial charge in [-0.2, -0.15) is 0 Å².